The van der Waals surface area contributed by atoms with E-state index < -0.39 is 6.29 Å². The molecule has 3 rings (SSSR count). The molecule has 1 saturated heterocycles. The van der Waals surface area contributed by atoms with Gasteiger partial charge in [0.05, 0.1) is 35.0 Å². The van der Waals surface area contributed by atoms with Crippen molar-refractivity contribution in [1.29, 1.82) is 0 Å². The maximum Gasteiger partial charge on any atom is 0.160 e. The van der Waals surface area contributed by atoms with E-state index in [1.165, 1.54) is 0 Å². The maximum absolute atomic E-state index is 10.4. The summed E-state index contributed by atoms with van der Waals surface area (Å²) in [7, 11) is 6.49. The van der Waals surface area contributed by atoms with Crippen molar-refractivity contribution in [2.45, 2.75) is 19.1 Å². The van der Waals surface area contributed by atoms with Crippen molar-refractivity contribution in [1.82, 2.24) is 0 Å². The first kappa shape index (κ1) is 20.3. The van der Waals surface area contributed by atoms with E-state index in [1.54, 1.807) is 28.4 Å². The van der Waals surface area contributed by atoms with Gasteiger partial charge in [-0.3, -0.25) is 0 Å². The van der Waals surface area contributed by atoms with Crippen LogP contribution in [0.25, 0.3) is 0 Å². The van der Waals surface area contributed by atoms with Gasteiger partial charge in [-0.1, -0.05) is 12.1 Å². The third-order valence-corrected chi connectivity index (χ3v) is 5.32. The van der Waals surface area contributed by atoms with Gasteiger partial charge in [-0.25, -0.2) is 0 Å². The van der Waals surface area contributed by atoms with E-state index in [2.05, 4.69) is 0 Å². The Bertz CT molecular complexity index is 791. The highest BCUT2D eigenvalue weighted by molar-refractivity contribution is 5.44. The van der Waals surface area contributed by atoms with Crippen LogP contribution in [0.5, 0.6) is 23.0 Å². The standard InChI is InChI=1S/C22H28O6/c1-24-18-7-5-14(11-20(18)26-3)9-16-13-28-22(23)17(16)10-15-6-8-19(25-2)21(12-15)27-4/h5-8,11-12,16-17,22-23H,9-10,13H2,1-4H3/t16-,17+,22+/m1/s1. The molecule has 1 fully saturated rings. The molecular weight excluding hydrogens is 360 g/mol. The van der Waals surface area contributed by atoms with Gasteiger partial charge >= 0.3 is 0 Å². The topological polar surface area (TPSA) is 66.4 Å². The van der Waals surface area contributed by atoms with Crippen LogP contribution < -0.4 is 18.9 Å². The Morgan fingerprint density at radius 1 is 0.786 bits per heavy atom. The molecule has 1 heterocycles. The molecule has 1 aliphatic rings. The van der Waals surface area contributed by atoms with Crippen LogP contribution >= 0.6 is 0 Å². The van der Waals surface area contributed by atoms with Crippen LogP contribution in [-0.2, 0) is 17.6 Å². The number of methoxy groups -OCH3 is 4. The van der Waals surface area contributed by atoms with Crippen molar-refractivity contribution >= 4 is 0 Å². The molecule has 3 atom stereocenters. The fourth-order valence-corrected chi connectivity index (χ4v) is 3.77. The molecule has 0 aromatic heterocycles. The second kappa shape index (κ2) is 9.17. The predicted octanol–water partition coefficient (Wildman–Crippen LogP) is 3.09. The van der Waals surface area contributed by atoms with Crippen molar-refractivity contribution in [2.24, 2.45) is 11.8 Å². The number of aliphatic hydroxyl groups excluding tert-OH is 1. The second-order valence-corrected chi connectivity index (χ2v) is 6.93. The fraction of sp³-hybridized carbons (Fsp3) is 0.455. The summed E-state index contributed by atoms with van der Waals surface area (Å²) in [6.45, 7) is 0.521. The minimum Gasteiger partial charge on any atom is -0.493 e. The van der Waals surface area contributed by atoms with Crippen molar-refractivity contribution in [3.63, 3.8) is 0 Å². The molecule has 0 unspecified atom stereocenters. The normalized spacial score (nSPS) is 21.4. The molecule has 2 aromatic rings. The number of aliphatic hydroxyl groups is 1. The zero-order chi connectivity index (χ0) is 20.1. The number of hydrogen-bond acceptors (Lipinski definition) is 6. The van der Waals surface area contributed by atoms with Gasteiger partial charge < -0.3 is 28.8 Å². The Balaban J connectivity index is 1.75. The van der Waals surface area contributed by atoms with Crippen LogP contribution in [0.3, 0.4) is 0 Å². The van der Waals surface area contributed by atoms with Crippen LogP contribution in [-0.4, -0.2) is 46.4 Å². The van der Waals surface area contributed by atoms with E-state index in [4.69, 9.17) is 23.7 Å². The first-order valence-corrected chi connectivity index (χ1v) is 9.31. The van der Waals surface area contributed by atoms with Gasteiger partial charge in [0, 0.05) is 5.92 Å². The Morgan fingerprint density at radius 2 is 1.29 bits per heavy atom. The van der Waals surface area contributed by atoms with Gasteiger partial charge in [0.25, 0.3) is 0 Å². The number of ether oxygens (including phenoxy) is 5. The average molecular weight is 388 g/mol. The lowest BCUT2D eigenvalue weighted by molar-refractivity contribution is -0.0820. The van der Waals surface area contributed by atoms with Gasteiger partial charge in [0.15, 0.2) is 29.3 Å². The lowest BCUT2D eigenvalue weighted by atomic mass is 9.84. The molecule has 152 valence electrons. The minimum absolute atomic E-state index is 0.00815. The Hall–Kier alpha value is -2.44. The molecule has 2 aromatic carbocycles. The number of benzene rings is 2. The summed E-state index contributed by atoms with van der Waals surface area (Å²) >= 11 is 0. The average Bonchev–Trinajstić information content (AvgIpc) is 3.06. The van der Waals surface area contributed by atoms with Crippen molar-refractivity contribution < 1.29 is 28.8 Å². The summed E-state index contributed by atoms with van der Waals surface area (Å²) in [4.78, 5) is 0. The summed E-state index contributed by atoms with van der Waals surface area (Å²) in [5, 5.41) is 10.4. The summed E-state index contributed by atoms with van der Waals surface area (Å²) < 4.78 is 27.0. The first-order chi connectivity index (χ1) is 13.6. The van der Waals surface area contributed by atoms with Crippen molar-refractivity contribution in [3.05, 3.63) is 47.5 Å². The van der Waals surface area contributed by atoms with Gasteiger partial charge in [-0.2, -0.15) is 0 Å². The van der Waals surface area contributed by atoms with E-state index >= 15 is 0 Å². The smallest absolute Gasteiger partial charge is 0.160 e. The molecule has 6 heteroatoms. The SMILES string of the molecule is COc1ccc(C[C@@H]2CO[C@H](O)[C@H]2Cc2ccc(OC)c(OC)c2)cc1OC. The summed E-state index contributed by atoms with van der Waals surface area (Å²) in [5.74, 6) is 2.97. The van der Waals surface area contributed by atoms with Crippen LogP contribution in [0, 0.1) is 11.8 Å². The molecule has 0 bridgehead atoms. The maximum atomic E-state index is 10.4. The molecule has 6 nitrogen and oxygen atoms in total. The molecule has 0 aliphatic carbocycles. The van der Waals surface area contributed by atoms with E-state index in [0.717, 1.165) is 17.5 Å². The van der Waals surface area contributed by atoms with E-state index in [9.17, 15) is 5.11 Å². The molecule has 1 aliphatic heterocycles. The quantitative estimate of drug-likeness (QED) is 0.750. The van der Waals surface area contributed by atoms with Crippen LogP contribution in [0.1, 0.15) is 11.1 Å². The molecule has 0 saturated carbocycles. The lowest BCUT2D eigenvalue weighted by Crippen LogP contribution is -2.24. The Kier molecular flexibility index (Phi) is 6.65. The Morgan fingerprint density at radius 3 is 1.79 bits per heavy atom. The zero-order valence-corrected chi connectivity index (χ0v) is 16.8. The molecule has 1 N–H and O–H groups in total. The second-order valence-electron chi connectivity index (χ2n) is 6.93. The highest BCUT2D eigenvalue weighted by Crippen LogP contribution is 2.36. The summed E-state index contributed by atoms with van der Waals surface area (Å²) in [6, 6.07) is 11.8. The summed E-state index contributed by atoms with van der Waals surface area (Å²) in [5.41, 5.74) is 2.20. The lowest BCUT2D eigenvalue weighted by Gasteiger charge is -2.21. The van der Waals surface area contributed by atoms with E-state index in [0.29, 0.717) is 36.0 Å². The van der Waals surface area contributed by atoms with Gasteiger partial charge in [-0.05, 0) is 54.2 Å². The monoisotopic (exact) mass is 388 g/mol. The third kappa shape index (κ3) is 4.34. The molecule has 28 heavy (non-hydrogen) atoms. The van der Waals surface area contributed by atoms with Crippen molar-refractivity contribution in [2.75, 3.05) is 35.0 Å². The van der Waals surface area contributed by atoms with E-state index in [-0.39, 0.29) is 11.8 Å². The number of hydrogen-bond donors (Lipinski definition) is 1. The van der Waals surface area contributed by atoms with Crippen LogP contribution in [0.4, 0.5) is 0 Å². The van der Waals surface area contributed by atoms with E-state index in [1.807, 2.05) is 36.4 Å². The largest absolute Gasteiger partial charge is 0.493 e. The molecule has 0 radical (unpaired) electrons. The number of rotatable bonds is 8. The Labute approximate surface area is 165 Å². The molecule has 0 spiro atoms. The minimum atomic E-state index is -0.779. The van der Waals surface area contributed by atoms with Gasteiger partial charge in [-0.15, -0.1) is 0 Å². The predicted molar refractivity (Wildman–Crippen MR) is 105 cm³/mol. The van der Waals surface area contributed by atoms with Crippen LogP contribution in [0.2, 0.25) is 0 Å². The summed E-state index contributed by atoms with van der Waals surface area (Å²) in [6.07, 6.45) is 0.702. The van der Waals surface area contributed by atoms with Crippen LogP contribution in [0.15, 0.2) is 36.4 Å². The van der Waals surface area contributed by atoms with Crippen molar-refractivity contribution in [3.8, 4) is 23.0 Å². The van der Waals surface area contributed by atoms with Gasteiger partial charge in [0.1, 0.15) is 0 Å². The fourth-order valence-electron chi connectivity index (χ4n) is 3.77. The molecule has 0 amide bonds. The zero-order valence-electron chi connectivity index (χ0n) is 16.8. The highest BCUT2D eigenvalue weighted by atomic mass is 16.6. The molecular formula is C22H28O6. The first-order valence-electron chi connectivity index (χ1n) is 9.31. The third-order valence-electron chi connectivity index (χ3n) is 5.32. The van der Waals surface area contributed by atoms with Gasteiger partial charge in [0.2, 0.25) is 0 Å². The highest BCUT2D eigenvalue weighted by Gasteiger charge is 2.36.